The molecule has 0 aliphatic rings. The Bertz CT molecular complexity index is 471. The Morgan fingerprint density at radius 3 is 2.50 bits per heavy atom. The van der Waals surface area contributed by atoms with Crippen LogP contribution in [0.2, 0.25) is 0 Å². The summed E-state index contributed by atoms with van der Waals surface area (Å²) in [4.78, 5) is 24.2. The molecule has 1 amide bonds. The van der Waals surface area contributed by atoms with E-state index in [0.717, 1.165) is 5.56 Å². The zero-order chi connectivity index (χ0) is 15.1. The highest BCUT2D eigenvalue weighted by Crippen LogP contribution is 2.20. The first-order chi connectivity index (χ1) is 9.41. The number of ether oxygens (including phenoxy) is 1. The molecule has 0 radical (unpaired) electrons. The summed E-state index contributed by atoms with van der Waals surface area (Å²) in [5.41, 5.74) is 1.59. The van der Waals surface area contributed by atoms with Crippen molar-refractivity contribution in [3.8, 4) is 0 Å². The number of aliphatic carboxylic acids is 1. The number of rotatable bonds is 6. The van der Waals surface area contributed by atoms with E-state index in [1.807, 2.05) is 39.0 Å². The first-order valence-electron chi connectivity index (χ1n) is 6.63. The van der Waals surface area contributed by atoms with E-state index >= 15 is 0 Å². The van der Waals surface area contributed by atoms with Crippen molar-refractivity contribution in [2.45, 2.75) is 27.2 Å². The van der Waals surface area contributed by atoms with Gasteiger partial charge in [0.05, 0.1) is 13.0 Å². The maximum atomic E-state index is 12.1. The molecule has 5 nitrogen and oxygen atoms in total. The summed E-state index contributed by atoms with van der Waals surface area (Å²) in [5, 5.41) is 8.80. The van der Waals surface area contributed by atoms with Crippen LogP contribution in [0.1, 0.15) is 25.8 Å². The Balaban J connectivity index is 2.87. The van der Waals surface area contributed by atoms with Crippen molar-refractivity contribution in [2.75, 3.05) is 18.1 Å². The third-order valence-corrected chi connectivity index (χ3v) is 2.72. The van der Waals surface area contributed by atoms with Crippen LogP contribution in [0.5, 0.6) is 0 Å². The van der Waals surface area contributed by atoms with Gasteiger partial charge in [-0.05, 0) is 24.5 Å². The smallest absolute Gasteiger partial charge is 0.414 e. The first-order valence-corrected chi connectivity index (χ1v) is 6.63. The molecule has 0 unspecified atom stereocenters. The number of carboxylic acid groups (broad SMARTS) is 1. The van der Waals surface area contributed by atoms with Gasteiger partial charge in [-0.25, -0.2) is 4.79 Å². The van der Waals surface area contributed by atoms with Crippen LogP contribution in [-0.2, 0) is 9.53 Å². The van der Waals surface area contributed by atoms with E-state index in [4.69, 9.17) is 9.84 Å². The molecule has 0 spiro atoms. The predicted molar refractivity (Wildman–Crippen MR) is 77.0 cm³/mol. The summed E-state index contributed by atoms with van der Waals surface area (Å²) < 4.78 is 5.20. The summed E-state index contributed by atoms with van der Waals surface area (Å²) >= 11 is 0. The van der Waals surface area contributed by atoms with Crippen molar-refractivity contribution in [3.05, 3.63) is 29.8 Å². The Hall–Kier alpha value is -2.04. The van der Waals surface area contributed by atoms with Crippen molar-refractivity contribution in [1.29, 1.82) is 0 Å². The third-order valence-electron chi connectivity index (χ3n) is 2.72. The van der Waals surface area contributed by atoms with Gasteiger partial charge in [-0.15, -0.1) is 0 Å². The number of nitrogens with zero attached hydrogens (tertiary/aromatic N) is 1. The van der Waals surface area contributed by atoms with E-state index in [0.29, 0.717) is 12.3 Å². The molecule has 0 saturated carbocycles. The topological polar surface area (TPSA) is 66.8 Å². The summed E-state index contributed by atoms with van der Waals surface area (Å²) in [7, 11) is 0. The average Bonchev–Trinajstić information content (AvgIpc) is 2.38. The Morgan fingerprint density at radius 2 is 1.95 bits per heavy atom. The van der Waals surface area contributed by atoms with Crippen molar-refractivity contribution in [3.63, 3.8) is 0 Å². The Morgan fingerprint density at radius 1 is 1.30 bits per heavy atom. The molecule has 110 valence electrons. The lowest BCUT2D eigenvalue weighted by Gasteiger charge is -2.23. The number of hydrogen-bond donors (Lipinski definition) is 1. The maximum absolute atomic E-state index is 12.1. The fraction of sp³-hybridized carbons (Fsp3) is 0.467. The molecule has 0 aromatic heterocycles. The lowest BCUT2D eigenvalue weighted by Crippen LogP contribution is -2.34. The summed E-state index contributed by atoms with van der Waals surface area (Å²) in [6.07, 6.45) is -0.625. The number of aryl methyl sites for hydroxylation is 1. The molecule has 1 rings (SSSR count). The maximum Gasteiger partial charge on any atom is 0.414 e. The second kappa shape index (κ2) is 7.53. The molecule has 0 saturated heterocycles. The fourth-order valence-electron chi connectivity index (χ4n) is 1.70. The third kappa shape index (κ3) is 4.91. The molecular formula is C15H21NO4. The van der Waals surface area contributed by atoms with Gasteiger partial charge in [0, 0.05) is 12.2 Å². The van der Waals surface area contributed by atoms with Gasteiger partial charge in [0.1, 0.15) is 0 Å². The normalized spacial score (nSPS) is 10.4. The van der Waals surface area contributed by atoms with E-state index in [1.54, 1.807) is 6.07 Å². The second-order valence-electron chi connectivity index (χ2n) is 5.05. The van der Waals surface area contributed by atoms with Crippen LogP contribution in [0.15, 0.2) is 24.3 Å². The monoisotopic (exact) mass is 279 g/mol. The molecule has 1 aromatic carbocycles. The summed E-state index contributed by atoms with van der Waals surface area (Å²) in [6, 6.07) is 7.34. The van der Waals surface area contributed by atoms with Crippen LogP contribution in [0.4, 0.5) is 10.5 Å². The minimum Gasteiger partial charge on any atom is -0.481 e. The van der Waals surface area contributed by atoms with Gasteiger partial charge in [-0.1, -0.05) is 32.0 Å². The van der Waals surface area contributed by atoms with Gasteiger partial charge < -0.3 is 9.84 Å². The van der Waals surface area contributed by atoms with E-state index in [9.17, 15) is 9.59 Å². The number of carboxylic acids is 1. The Labute approximate surface area is 119 Å². The quantitative estimate of drug-likeness (QED) is 0.869. The summed E-state index contributed by atoms with van der Waals surface area (Å²) in [5.74, 6) is -0.711. The van der Waals surface area contributed by atoms with Gasteiger partial charge >= 0.3 is 12.1 Å². The molecule has 5 heteroatoms. The van der Waals surface area contributed by atoms with Gasteiger partial charge in [0.15, 0.2) is 0 Å². The van der Waals surface area contributed by atoms with E-state index in [1.165, 1.54) is 4.90 Å². The second-order valence-corrected chi connectivity index (χ2v) is 5.05. The molecule has 0 aliphatic carbocycles. The van der Waals surface area contributed by atoms with Crippen molar-refractivity contribution in [1.82, 2.24) is 0 Å². The van der Waals surface area contributed by atoms with Crippen LogP contribution >= 0.6 is 0 Å². The molecule has 0 heterocycles. The average molecular weight is 279 g/mol. The molecule has 0 aliphatic heterocycles. The van der Waals surface area contributed by atoms with Crippen molar-refractivity contribution < 1.29 is 19.4 Å². The number of amides is 1. The highest BCUT2D eigenvalue weighted by molar-refractivity contribution is 5.89. The lowest BCUT2D eigenvalue weighted by molar-refractivity contribution is -0.136. The minimum atomic E-state index is -0.944. The van der Waals surface area contributed by atoms with Crippen molar-refractivity contribution >= 4 is 17.7 Å². The van der Waals surface area contributed by atoms with Gasteiger partial charge in [0.2, 0.25) is 0 Å². The first kappa shape index (κ1) is 16.0. The van der Waals surface area contributed by atoms with Crippen LogP contribution in [0.25, 0.3) is 0 Å². The Kier molecular flexibility index (Phi) is 6.03. The van der Waals surface area contributed by atoms with Gasteiger partial charge in [-0.2, -0.15) is 0 Å². The highest BCUT2D eigenvalue weighted by Gasteiger charge is 2.20. The number of anilines is 1. The van der Waals surface area contributed by atoms with Crippen LogP contribution in [0, 0.1) is 12.8 Å². The molecular weight excluding hydrogens is 258 g/mol. The largest absolute Gasteiger partial charge is 0.481 e. The number of hydrogen-bond acceptors (Lipinski definition) is 3. The predicted octanol–water partition coefficient (Wildman–Crippen LogP) is 3.07. The van der Waals surface area contributed by atoms with E-state index < -0.39 is 12.1 Å². The standard InChI is InChI=1S/C15H21NO4/c1-11(2)10-20-15(19)16(9-8-14(17)18)13-7-5-4-6-12(13)3/h4-7,11H,8-10H2,1-3H3,(H,17,18). The van der Waals surface area contributed by atoms with Crippen molar-refractivity contribution in [2.24, 2.45) is 5.92 Å². The molecule has 1 aromatic rings. The van der Waals surface area contributed by atoms with E-state index in [-0.39, 0.29) is 18.9 Å². The molecule has 0 atom stereocenters. The fourth-order valence-corrected chi connectivity index (χ4v) is 1.70. The number of benzene rings is 1. The van der Waals surface area contributed by atoms with Gasteiger partial charge in [-0.3, -0.25) is 9.69 Å². The minimum absolute atomic E-state index is 0.0944. The number of carbonyl (C=O) groups excluding carboxylic acids is 1. The zero-order valence-corrected chi connectivity index (χ0v) is 12.1. The SMILES string of the molecule is Cc1ccccc1N(CCC(=O)O)C(=O)OCC(C)C. The van der Waals surface area contributed by atoms with Crippen LogP contribution in [0.3, 0.4) is 0 Å². The molecule has 0 fully saturated rings. The molecule has 0 bridgehead atoms. The number of para-hydroxylation sites is 1. The van der Waals surface area contributed by atoms with Crippen LogP contribution < -0.4 is 4.90 Å². The molecule has 1 N–H and O–H groups in total. The molecule has 20 heavy (non-hydrogen) atoms. The summed E-state index contributed by atoms with van der Waals surface area (Å²) in [6.45, 7) is 6.18. The lowest BCUT2D eigenvalue weighted by atomic mass is 10.2. The highest BCUT2D eigenvalue weighted by atomic mass is 16.6. The zero-order valence-electron chi connectivity index (χ0n) is 12.1. The van der Waals surface area contributed by atoms with Gasteiger partial charge in [0.25, 0.3) is 0 Å². The number of carbonyl (C=O) groups is 2. The van der Waals surface area contributed by atoms with Crippen LogP contribution in [-0.4, -0.2) is 30.3 Å². The van der Waals surface area contributed by atoms with E-state index in [2.05, 4.69) is 0 Å².